The summed E-state index contributed by atoms with van der Waals surface area (Å²) in [5.41, 5.74) is 8.85. The van der Waals surface area contributed by atoms with Crippen LogP contribution in [-0.2, 0) is 12.8 Å². The van der Waals surface area contributed by atoms with Crippen molar-refractivity contribution < 1.29 is 0 Å². The van der Waals surface area contributed by atoms with Crippen molar-refractivity contribution in [1.29, 1.82) is 0 Å². The summed E-state index contributed by atoms with van der Waals surface area (Å²) in [5.74, 6) is 0.662. The molecule has 0 aromatic heterocycles. The highest BCUT2D eigenvalue weighted by atomic mass is 28.3. The van der Waals surface area contributed by atoms with E-state index in [9.17, 15) is 0 Å². The molecule has 1 aromatic rings. The molecule has 1 unspecified atom stereocenters. The fraction of sp³-hybridized carbons (Fsp3) is 0.529. The van der Waals surface area contributed by atoms with Gasteiger partial charge in [0.1, 0.15) is 0 Å². The lowest BCUT2D eigenvalue weighted by Gasteiger charge is -2.15. The van der Waals surface area contributed by atoms with Crippen molar-refractivity contribution in [3.63, 3.8) is 0 Å². The van der Waals surface area contributed by atoms with Gasteiger partial charge in [0, 0.05) is 0 Å². The fourth-order valence-electron chi connectivity index (χ4n) is 3.49. The average molecular weight is 255 g/mol. The minimum atomic E-state index is -0.283. The molecule has 0 N–H and O–H groups in total. The van der Waals surface area contributed by atoms with E-state index in [-0.39, 0.29) is 8.80 Å². The predicted octanol–water partition coefficient (Wildman–Crippen LogP) is 4.61. The molecule has 0 nitrogen and oxygen atoms in total. The maximum Gasteiger partial charge on any atom is 0.0548 e. The second kappa shape index (κ2) is 4.38. The molecule has 0 saturated carbocycles. The van der Waals surface area contributed by atoms with Gasteiger partial charge in [-0.25, -0.2) is 0 Å². The third kappa shape index (κ3) is 1.80. The highest BCUT2D eigenvalue weighted by molar-refractivity contribution is 6.58. The van der Waals surface area contributed by atoms with Gasteiger partial charge in [-0.15, -0.1) is 0 Å². The summed E-state index contributed by atoms with van der Waals surface area (Å²) < 4.78 is 0. The molecule has 1 heteroatoms. The van der Waals surface area contributed by atoms with Crippen LogP contribution < -0.4 is 0 Å². The van der Waals surface area contributed by atoms with Crippen molar-refractivity contribution in [3.8, 4) is 0 Å². The molecule has 3 rings (SSSR count). The van der Waals surface area contributed by atoms with Crippen LogP contribution in [0.2, 0.25) is 13.1 Å². The van der Waals surface area contributed by atoms with Gasteiger partial charge in [-0.05, 0) is 58.5 Å². The van der Waals surface area contributed by atoms with E-state index < -0.39 is 0 Å². The van der Waals surface area contributed by atoms with Gasteiger partial charge in [-0.3, -0.25) is 0 Å². The summed E-state index contributed by atoms with van der Waals surface area (Å²) in [5, 5.41) is 0. The Hall–Kier alpha value is -0.823. The number of allylic oxidation sites excluding steroid dienone is 2. The van der Waals surface area contributed by atoms with Gasteiger partial charge in [0.25, 0.3) is 0 Å². The van der Waals surface area contributed by atoms with Gasteiger partial charge in [-0.1, -0.05) is 45.2 Å². The van der Waals surface area contributed by atoms with E-state index in [4.69, 9.17) is 0 Å². The molecule has 1 aromatic carbocycles. The Morgan fingerprint density at radius 3 is 2.39 bits per heavy atom. The van der Waals surface area contributed by atoms with Gasteiger partial charge in [0.05, 0.1) is 8.80 Å². The summed E-state index contributed by atoms with van der Waals surface area (Å²) in [6.07, 6.45) is 6.55. The number of benzene rings is 1. The van der Waals surface area contributed by atoms with E-state index in [1.165, 1.54) is 19.3 Å². The zero-order valence-electron chi connectivity index (χ0n) is 12.0. The predicted molar refractivity (Wildman–Crippen MR) is 81.5 cm³/mol. The van der Waals surface area contributed by atoms with E-state index in [0.717, 1.165) is 5.54 Å². The topological polar surface area (TPSA) is 0 Å². The first-order chi connectivity index (χ1) is 8.58. The second-order valence-corrected chi connectivity index (χ2v) is 9.17. The average Bonchev–Trinajstić information content (AvgIpc) is 2.88. The Bertz CT molecular complexity index is 509. The maximum absolute atomic E-state index is 2.58. The minimum absolute atomic E-state index is 0.283. The summed E-state index contributed by atoms with van der Waals surface area (Å²) in [6, 6.07) is 5.07. The SMILES string of the molecule is CC(C)C1=CC([Si](C)C)c2cc3c(cc21)CCC3. The molecule has 0 amide bonds. The molecule has 2 aliphatic carbocycles. The molecule has 1 radical (unpaired) electrons. The van der Waals surface area contributed by atoms with Gasteiger partial charge in [0.15, 0.2) is 0 Å². The molecule has 1 atom stereocenters. The van der Waals surface area contributed by atoms with Crippen LogP contribution in [0, 0.1) is 5.92 Å². The van der Waals surface area contributed by atoms with Crippen LogP contribution in [-0.4, -0.2) is 8.80 Å². The van der Waals surface area contributed by atoms with Crippen LogP contribution in [0.15, 0.2) is 18.2 Å². The van der Waals surface area contributed by atoms with Gasteiger partial charge in [0.2, 0.25) is 0 Å². The lowest BCUT2D eigenvalue weighted by atomic mass is 9.94. The second-order valence-electron chi connectivity index (χ2n) is 6.39. The van der Waals surface area contributed by atoms with Crippen molar-refractivity contribution in [2.24, 2.45) is 5.92 Å². The van der Waals surface area contributed by atoms with E-state index in [2.05, 4.69) is 45.2 Å². The molecule has 18 heavy (non-hydrogen) atoms. The van der Waals surface area contributed by atoms with Crippen molar-refractivity contribution in [2.75, 3.05) is 0 Å². The zero-order valence-corrected chi connectivity index (χ0v) is 13.0. The molecule has 0 heterocycles. The molecular formula is C17H23Si. The Kier molecular flexibility index (Phi) is 2.97. The molecule has 0 fully saturated rings. The Morgan fingerprint density at radius 2 is 1.78 bits per heavy atom. The van der Waals surface area contributed by atoms with E-state index in [1.54, 1.807) is 27.8 Å². The summed E-state index contributed by atoms with van der Waals surface area (Å²) in [4.78, 5) is 0. The lowest BCUT2D eigenvalue weighted by Crippen LogP contribution is -2.12. The molecule has 0 saturated heterocycles. The molecular weight excluding hydrogens is 232 g/mol. The van der Waals surface area contributed by atoms with Crippen molar-refractivity contribution in [2.45, 2.75) is 51.7 Å². The molecule has 0 bridgehead atoms. The number of fused-ring (bicyclic) bond motifs is 2. The summed E-state index contributed by atoms with van der Waals surface area (Å²) in [7, 11) is -0.283. The lowest BCUT2D eigenvalue weighted by molar-refractivity contribution is 0.856. The smallest absolute Gasteiger partial charge is 0.0548 e. The molecule has 2 aliphatic rings. The number of aryl methyl sites for hydroxylation is 2. The monoisotopic (exact) mass is 255 g/mol. The third-order valence-electron chi connectivity index (χ3n) is 4.50. The zero-order chi connectivity index (χ0) is 12.9. The Morgan fingerprint density at radius 1 is 1.11 bits per heavy atom. The first-order valence-electron chi connectivity index (χ1n) is 7.25. The minimum Gasteiger partial charge on any atom is -0.0759 e. The number of hydrogen-bond acceptors (Lipinski definition) is 0. The van der Waals surface area contributed by atoms with Crippen LogP contribution in [0.5, 0.6) is 0 Å². The summed E-state index contributed by atoms with van der Waals surface area (Å²) in [6.45, 7) is 9.57. The van der Waals surface area contributed by atoms with E-state index >= 15 is 0 Å². The van der Waals surface area contributed by atoms with Gasteiger partial charge < -0.3 is 0 Å². The molecule has 0 aliphatic heterocycles. The number of hydrogen-bond donors (Lipinski definition) is 0. The number of rotatable bonds is 2. The normalized spacial score (nSPS) is 21.4. The van der Waals surface area contributed by atoms with Gasteiger partial charge in [-0.2, -0.15) is 0 Å². The van der Waals surface area contributed by atoms with Crippen molar-refractivity contribution >= 4 is 14.4 Å². The molecule has 95 valence electrons. The standard InChI is InChI=1S/C17H23Si/c1-11(2)14-10-17(18(3)4)16-9-13-7-5-6-12(13)8-15(14)16/h8-11,17H,5-7H2,1-4H3. The summed E-state index contributed by atoms with van der Waals surface area (Å²) >= 11 is 0. The maximum atomic E-state index is 2.58. The van der Waals surface area contributed by atoms with Crippen LogP contribution in [0.4, 0.5) is 0 Å². The highest BCUT2D eigenvalue weighted by Gasteiger charge is 2.29. The Balaban J connectivity index is 2.14. The third-order valence-corrected chi connectivity index (χ3v) is 6.22. The van der Waals surface area contributed by atoms with Crippen LogP contribution in [0.1, 0.15) is 48.1 Å². The molecule has 0 spiro atoms. The Labute approximate surface area is 113 Å². The van der Waals surface area contributed by atoms with Crippen molar-refractivity contribution in [1.82, 2.24) is 0 Å². The van der Waals surface area contributed by atoms with Crippen LogP contribution in [0.25, 0.3) is 5.57 Å². The fourth-order valence-corrected chi connectivity index (χ4v) is 4.86. The van der Waals surface area contributed by atoms with Gasteiger partial charge >= 0.3 is 0 Å². The van der Waals surface area contributed by atoms with Crippen LogP contribution in [0.3, 0.4) is 0 Å². The van der Waals surface area contributed by atoms with E-state index in [1.807, 2.05) is 0 Å². The first kappa shape index (κ1) is 12.2. The van der Waals surface area contributed by atoms with Crippen molar-refractivity contribution in [3.05, 3.63) is 40.5 Å². The highest BCUT2D eigenvalue weighted by Crippen LogP contribution is 2.43. The van der Waals surface area contributed by atoms with E-state index in [0.29, 0.717) is 5.92 Å². The largest absolute Gasteiger partial charge is 0.0759 e. The first-order valence-corrected chi connectivity index (χ1v) is 9.83. The van der Waals surface area contributed by atoms with Crippen LogP contribution >= 0.6 is 0 Å². The quantitative estimate of drug-likeness (QED) is 0.677.